The first-order valence-electron chi connectivity index (χ1n) is 9.01. The van der Waals surface area contributed by atoms with Crippen LogP contribution < -0.4 is 10.1 Å². The number of likely N-dealkylation sites (tertiary alicyclic amines) is 1. The van der Waals surface area contributed by atoms with Crippen molar-refractivity contribution in [3.05, 3.63) is 28.8 Å². The average Bonchev–Trinajstić information content (AvgIpc) is 2.62. The fourth-order valence-corrected chi connectivity index (χ4v) is 4.17. The first kappa shape index (κ1) is 17.6. The number of benzene rings is 1. The SMILES string of the molecule is Cc1cc(Cl)ccc1OCC(=O)N1CCC(C2CCNCC2)CC1. The highest BCUT2D eigenvalue weighted by atomic mass is 35.5. The number of nitrogens with one attached hydrogen (secondary N) is 1. The largest absolute Gasteiger partial charge is 0.483 e. The Kier molecular flexibility index (Phi) is 6.01. The zero-order valence-corrected chi connectivity index (χ0v) is 15.1. The molecule has 5 heteroatoms. The number of halogens is 1. The van der Waals surface area contributed by atoms with E-state index in [1.54, 1.807) is 6.07 Å². The zero-order valence-electron chi connectivity index (χ0n) is 14.4. The van der Waals surface area contributed by atoms with Crippen molar-refractivity contribution in [2.45, 2.75) is 32.6 Å². The molecule has 0 bridgehead atoms. The molecule has 1 N–H and O–H groups in total. The van der Waals surface area contributed by atoms with Crippen molar-refractivity contribution in [2.75, 3.05) is 32.8 Å². The lowest BCUT2D eigenvalue weighted by Gasteiger charge is -2.37. The number of hydrogen-bond donors (Lipinski definition) is 1. The predicted octanol–water partition coefficient (Wildman–Crippen LogP) is 3.27. The summed E-state index contributed by atoms with van der Waals surface area (Å²) in [5, 5.41) is 4.12. The molecule has 2 saturated heterocycles. The number of rotatable bonds is 4. The van der Waals surface area contributed by atoms with Crippen molar-refractivity contribution < 1.29 is 9.53 Å². The van der Waals surface area contributed by atoms with Crippen LogP contribution in [-0.4, -0.2) is 43.6 Å². The van der Waals surface area contributed by atoms with E-state index in [4.69, 9.17) is 16.3 Å². The maximum atomic E-state index is 12.4. The third kappa shape index (κ3) is 4.42. The molecule has 24 heavy (non-hydrogen) atoms. The van der Waals surface area contributed by atoms with E-state index in [1.807, 2.05) is 24.0 Å². The Morgan fingerprint density at radius 3 is 2.54 bits per heavy atom. The molecule has 0 aromatic heterocycles. The van der Waals surface area contributed by atoms with E-state index in [2.05, 4.69) is 5.32 Å². The van der Waals surface area contributed by atoms with Gasteiger partial charge in [-0.3, -0.25) is 4.79 Å². The van der Waals surface area contributed by atoms with Crippen LogP contribution in [0.4, 0.5) is 0 Å². The Hall–Kier alpha value is -1.26. The highest BCUT2D eigenvalue weighted by molar-refractivity contribution is 6.30. The molecule has 132 valence electrons. The van der Waals surface area contributed by atoms with Crippen molar-refractivity contribution >= 4 is 17.5 Å². The minimum atomic E-state index is 0.0908. The van der Waals surface area contributed by atoms with Gasteiger partial charge < -0.3 is 15.0 Å². The Morgan fingerprint density at radius 1 is 1.21 bits per heavy atom. The number of ether oxygens (including phenoxy) is 1. The third-order valence-corrected chi connectivity index (χ3v) is 5.67. The smallest absolute Gasteiger partial charge is 0.260 e. The molecule has 0 atom stereocenters. The van der Waals surface area contributed by atoms with Gasteiger partial charge in [-0.25, -0.2) is 0 Å². The molecule has 1 amide bonds. The molecular formula is C19H27ClN2O2. The molecule has 2 aliphatic rings. The van der Waals surface area contributed by atoms with Crippen molar-refractivity contribution in [2.24, 2.45) is 11.8 Å². The van der Waals surface area contributed by atoms with Crippen LogP contribution in [0.3, 0.4) is 0 Å². The summed E-state index contributed by atoms with van der Waals surface area (Å²) in [6, 6.07) is 5.47. The second kappa shape index (κ2) is 8.21. The molecule has 2 fully saturated rings. The van der Waals surface area contributed by atoms with E-state index >= 15 is 0 Å². The zero-order chi connectivity index (χ0) is 16.9. The van der Waals surface area contributed by atoms with Crippen LogP contribution in [-0.2, 0) is 4.79 Å². The fourth-order valence-electron chi connectivity index (χ4n) is 3.94. The van der Waals surface area contributed by atoms with Crippen molar-refractivity contribution in [1.29, 1.82) is 0 Å². The number of piperidine rings is 2. The number of aryl methyl sites for hydroxylation is 1. The highest BCUT2D eigenvalue weighted by Crippen LogP contribution is 2.30. The van der Waals surface area contributed by atoms with Crippen LogP contribution in [0.5, 0.6) is 5.75 Å². The standard InChI is InChI=1S/C19H27ClN2O2/c1-14-12-17(20)2-3-18(14)24-13-19(23)22-10-6-16(7-11-22)15-4-8-21-9-5-15/h2-3,12,15-16,21H,4-11,13H2,1H3. The quantitative estimate of drug-likeness (QED) is 0.906. The summed E-state index contributed by atoms with van der Waals surface area (Å²) in [4.78, 5) is 14.4. The number of nitrogens with zero attached hydrogens (tertiary/aromatic N) is 1. The Bertz CT molecular complexity index is 564. The van der Waals surface area contributed by atoms with E-state index in [0.29, 0.717) is 5.02 Å². The summed E-state index contributed by atoms with van der Waals surface area (Å²) in [7, 11) is 0. The molecule has 4 nitrogen and oxygen atoms in total. The van der Waals surface area contributed by atoms with E-state index in [9.17, 15) is 4.79 Å². The van der Waals surface area contributed by atoms with Gasteiger partial charge >= 0.3 is 0 Å². The van der Waals surface area contributed by atoms with Gasteiger partial charge in [-0.15, -0.1) is 0 Å². The molecule has 2 heterocycles. The molecule has 1 aromatic carbocycles. The lowest BCUT2D eigenvalue weighted by Crippen LogP contribution is -2.43. The van der Waals surface area contributed by atoms with Gasteiger partial charge in [-0.05, 0) is 81.3 Å². The van der Waals surface area contributed by atoms with E-state index in [0.717, 1.165) is 62.2 Å². The lowest BCUT2D eigenvalue weighted by atomic mass is 9.79. The summed E-state index contributed by atoms with van der Waals surface area (Å²) in [6.45, 7) is 6.10. The Balaban J connectivity index is 1.45. The predicted molar refractivity (Wildman–Crippen MR) is 96.6 cm³/mol. The van der Waals surface area contributed by atoms with Crippen LogP contribution in [0.15, 0.2) is 18.2 Å². The lowest BCUT2D eigenvalue weighted by molar-refractivity contribution is -0.135. The molecule has 0 unspecified atom stereocenters. The maximum Gasteiger partial charge on any atom is 0.260 e. The van der Waals surface area contributed by atoms with Gasteiger partial charge in [0.1, 0.15) is 5.75 Å². The normalized spacial score (nSPS) is 20.2. The van der Waals surface area contributed by atoms with Crippen LogP contribution in [0.1, 0.15) is 31.2 Å². The van der Waals surface area contributed by atoms with Gasteiger partial charge in [0.15, 0.2) is 6.61 Å². The topological polar surface area (TPSA) is 41.6 Å². The molecule has 3 rings (SSSR count). The van der Waals surface area contributed by atoms with Crippen molar-refractivity contribution in [3.8, 4) is 5.75 Å². The van der Waals surface area contributed by atoms with Crippen LogP contribution in [0.25, 0.3) is 0 Å². The molecule has 2 aliphatic heterocycles. The summed E-state index contributed by atoms with van der Waals surface area (Å²) in [6.07, 6.45) is 4.85. The number of carbonyl (C=O) groups is 1. The van der Waals surface area contributed by atoms with Gasteiger partial charge in [0, 0.05) is 18.1 Å². The summed E-state index contributed by atoms with van der Waals surface area (Å²) < 4.78 is 5.69. The maximum absolute atomic E-state index is 12.4. The monoisotopic (exact) mass is 350 g/mol. The first-order chi connectivity index (χ1) is 11.6. The minimum absolute atomic E-state index is 0.0908. The molecule has 0 saturated carbocycles. The van der Waals surface area contributed by atoms with E-state index < -0.39 is 0 Å². The number of carbonyl (C=O) groups excluding carboxylic acids is 1. The molecule has 0 aliphatic carbocycles. The summed E-state index contributed by atoms with van der Waals surface area (Å²) in [5.41, 5.74) is 0.958. The molecular weight excluding hydrogens is 324 g/mol. The highest BCUT2D eigenvalue weighted by Gasteiger charge is 2.29. The average molecular weight is 351 g/mol. The van der Waals surface area contributed by atoms with Crippen LogP contribution in [0.2, 0.25) is 5.02 Å². The number of amides is 1. The fraction of sp³-hybridized carbons (Fsp3) is 0.632. The molecule has 1 aromatic rings. The van der Waals surface area contributed by atoms with Crippen molar-refractivity contribution in [1.82, 2.24) is 10.2 Å². The van der Waals surface area contributed by atoms with Crippen molar-refractivity contribution in [3.63, 3.8) is 0 Å². The van der Waals surface area contributed by atoms with Crippen LogP contribution >= 0.6 is 11.6 Å². The minimum Gasteiger partial charge on any atom is -0.483 e. The first-order valence-corrected chi connectivity index (χ1v) is 9.38. The van der Waals surface area contributed by atoms with Gasteiger partial charge in [0.05, 0.1) is 0 Å². The van der Waals surface area contributed by atoms with Crippen LogP contribution in [0, 0.1) is 18.8 Å². The molecule has 0 spiro atoms. The van der Waals surface area contributed by atoms with Gasteiger partial charge in [0.25, 0.3) is 5.91 Å². The molecule has 0 radical (unpaired) electrons. The summed E-state index contributed by atoms with van der Waals surface area (Å²) in [5.74, 6) is 2.46. The Labute approximate surface area is 149 Å². The second-order valence-corrected chi connectivity index (χ2v) is 7.44. The van der Waals surface area contributed by atoms with Gasteiger partial charge in [0.2, 0.25) is 0 Å². The van der Waals surface area contributed by atoms with E-state index in [-0.39, 0.29) is 12.5 Å². The Morgan fingerprint density at radius 2 is 1.88 bits per heavy atom. The van der Waals surface area contributed by atoms with Gasteiger partial charge in [-0.2, -0.15) is 0 Å². The third-order valence-electron chi connectivity index (χ3n) is 5.43. The summed E-state index contributed by atoms with van der Waals surface area (Å²) >= 11 is 5.94. The number of hydrogen-bond acceptors (Lipinski definition) is 3. The van der Waals surface area contributed by atoms with E-state index in [1.165, 1.54) is 12.8 Å². The van der Waals surface area contributed by atoms with Gasteiger partial charge in [-0.1, -0.05) is 11.6 Å². The second-order valence-electron chi connectivity index (χ2n) is 7.00.